The summed E-state index contributed by atoms with van der Waals surface area (Å²) in [6.07, 6.45) is 68.3. The summed E-state index contributed by atoms with van der Waals surface area (Å²) in [5, 5.41) is 10.7. The number of carbonyl (C=O) groups excluding carboxylic acids is 4. The number of unbranched alkanes of at least 4 members (excludes halogenated alkanes) is 53. The largest absolute Gasteiger partial charge is 0.472 e. The number of hydrogen-bond donors (Lipinski definition) is 3. The molecule has 19 heteroatoms. The predicted octanol–water partition coefficient (Wildman–Crippen LogP) is 26.5. The van der Waals surface area contributed by atoms with E-state index in [-0.39, 0.29) is 25.7 Å². The maximum Gasteiger partial charge on any atom is 0.472 e. The lowest BCUT2D eigenvalue weighted by molar-refractivity contribution is -0.161. The van der Waals surface area contributed by atoms with Gasteiger partial charge in [-0.1, -0.05) is 408 Å². The van der Waals surface area contributed by atoms with E-state index in [1.807, 2.05) is 0 Å². The average molecular weight is 1550 g/mol. The minimum absolute atomic E-state index is 0.107. The Hall–Kier alpha value is -1.94. The number of esters is 4. The van der Waals surface area contributed by atoms with Gasteiger partial charge in [0.1, 0.15) is 19.3 Å². The number of aliphatic hydroxyl groups is 1. The van der Waals surface area contributed by atoms with Crippen LogP contribution < -0.4 is 0 Å². The Labute approximate surface area is 651 Å². The van der Waals surface area contributed by atoms with Gasteiger partial charge in [-0.15, -0.1) is 0 Å². The second kappa shape index (κ2) is 77.0. The van der Waals surface area contributed by atoms with Crippen molar-refractivity contribution in [2.45, 2.75) is 478 Å². The SMILES string of the molecule is CCCCCCCCCCCCCCCCCCCC(=O)O[C@H](COC(=O)CCCCCCCCC(C)C)COP(=O)(O)OC[C@H](O)COP(=O)(O)OC[C@@H](COC(=O)CCCCCCCCCCCCCCCCCCC(C)C)OC(=O)CCCCCCCCCCCCCCCCCCCCC(C)C. The van der Waals surface area contributed by atoms with E-state index in [9.17, 15) is 43.2 Å². The van der Waals surface area contributed by atoms with Gasteiger partial charge in [-0.25, -0.2) is 9.13 Å². The van der Waals surface area contributed by atoms with E-state index in [1.54, 1.807) is 0 Å². The molecular weight excluding hydrogens is 1380 g/mol. The van der Waals surface area contributed by atoms with Crippen LogP contribution in [0.1, 0.15) is 459 Å². The van der Waals surface area contributed by atoms with Crippen LogP contribution in [0.2, 0.25) is 0 Å². The fraction of sp³-hybridized carbons (Fsp3) is 0.954. The lowest BCUT2D eigenvalue weighted by Gasteiger charge is -2.21. The zero-order chi connectivity index (χ0) is 77.9. The lowest BCUT2D eigenvalue weighted by Crippen LogP contribution is -2.30. The first-order chi connectivity index (χ1) is 51.2. The zero-order valence-corrected chi connectivity index (χ0v) is 71.7. The molecule has 0 rings (SSSR count). The van der Waals surface area contributed by atoms with Crippen molar-refractivity contribution in [2.75, 3.05) is 39.6 Å². The van der Waals surface area contributed by atoms with E-state index in [2.05, 4.69) is 48.5 Å². The third-order valence-corrected chi connectivity index (χ3v) is 22.3. The molecule has 0 aromatic heterocycles. The highest BCUT2D eigenvalue weighted by atomic mass is 31.2. The summed E-state index contributed by atoms with van der Waals surface area (Å²) in [4.78, 5) is 73.2. The maximum atomic E-state index is 13.2. The maximum absolute atomic E-state index is 13.2. The van der Waals surface area contributed by atoms with Gasteiger partial charge >= 0.3 is 39.5 Å². The Morgan fingerprint density at radius 1 is 0.255 bits per heavy atom. The first-order valence-electron chi connectivity index (χ1n) is 44.8. The monoisotopic (exact) mass is 1550 g/mol. The van der Waals surface area contributed by atoms with Crippen LogP contribution in [0.4, 0.5) is 0 Å². The molecule has 0 radical (unpaired) electrons. The Morgan fingerprint density at radius 3 is 0.642 bits per heavy atom. The second-order valence-electron chi connectivity index (χ2n) is 32.7. The van der Waals surface area contributed by atoms with E-state index >= 15 is 0 Å². The molecule has 0 amide bonds. The van der Waals surface area contributed by atoms with Crippen molar-refractivity contribution in [3.8, 4) is 0 Å². The van der Waals surface area contributed by atoms with Gasteiger partial charge in [0, 0.05) is 25.7 Å². The molecule has 0 aromatic carbocycles. The highest BCUT2D eigenvalue weighted by Crippen LogP contribution is 2.45. The van der Waals surface area contributed by atoms with Gasteiger partial charge in [-0.05, 0) is 43.4 Å². The summed E-state index contributed by atoms with van der Waals surface area (Å²) in [6, 6.07) is 0. The number of rotatable bonds is 85. The molecule has 0 aliphatic rings. The van der Waals surface area contributed by atoms with E-state index in [0.717, 1.165) is 108 Å². The molecular formula is C87H170O17P2. The molecule has 0 aromatic rings. The number of aliphatic hydroxyl groups excluding tert-OH is 1. The molecule has 2 unspecified atom stereocenters. The van der Waals surface area contributed by atoms with Crippen LogP contribution in [0.3, 0.4) is 0 Å². The molecule has 0 bridgehead atoms. The number of carbonyl (C=O) groups is 4. The van der Waals surface area contributed by atoms with E-state index in [0.29, 0.717) is 31.6 Å². The minimum atomic E-state index is -4.97. The molecule has 0 fully saturated rings. The van der Waals surface area contributed by atoms with Gasteiger partial charge in [0.05, 0.1) is 26.4 Å². The van der Waals surface area contributed by atoms with Crippen molar-refractivity contribution >= 4 is 39.5 Å². The Bertz CT molecular complexity index is 2040. The van der Waals surface area contributed by atoms with Crippen molar-refractivity contribution in [3.63, 3.8) is 0 Å². The third kappa shape index (κ3) is 80.1. The van der Waals surface area contributed by atoms with Crippen LogP contribution in [0.25, 0.3) is 0 Å². The van der Waals surface area contributed by atoms with Crippen molar-refractivity contribution < 1.29 is 80.2 Å². The Balaban J connectivity index is 5.21. The number of phosphoric ester groups is 2. The molecule has 0 spiro atoms. The normalized spacial score (nSPS) is 13.9. The molecule has 0 aliphatic carbocycles. The molecule has 630 valence electrons. The summed E-state index contributed by atoms with van der Waals surface area (Å²) >= 11 is 0. The second-order valence-corrected chi connectivity index (χ2v) is 35.6. The summed E-state index contributed by atoms with van der Waals surface area (Å²) < 4.78 is 68.9. The third-order valence-electron chi connectivity index (χ3n) is 20.4. The average Bonchev–Trinajstić information content (AvgIpc) is 0.904. The molecule has 0 aliphatic heterocycles. The highest BCUT2D eigenvalue weighted by molar-refractivity contribution is 7.47. The smallest absolute Gasteiger partial charge is 0.462 e. The number of phosphoric acid groups is 2. The summed E-state index contributed by atoms with van der Waals surface area (Å²) in [6.45, 7) is 12.0. The van der Waals surface area contributed by atoms with Crippen LogP contribution >= 0.6 is 15.6 Å². The predicted molar refractivity (Wildman–Crippen MR) is 437 cm³/mol. The molecule has 0 saturated heterocycles. The van der Waals surface area contributed by atoms with Gasteiger partial charge in [0.2, 0.25) is 0 Å². The molecule has 0 saturated carbocycles. The fourth-order valence-electron chi connectivity index (χ4n) is 13.5. The van der Waals surface area contributed by atoms with E-state index < -0.39 is 97.5 Å². The van der Waals surface area contributed by atoms with Crippen molar-refractivity contribution in [1.82, 2.24) is 0 Å². The van der Waals surface area contributed by atoms with Crippen LogP contribution in [0.15, 0.2) is 0 Å². The van der Waals surface area contributed by atoms with Crippen molar-refractivity contribution in [3.05, 3.63) is 0 Å². The van der Waals surface area contributed by atoms with E-state index in [1.165, 1.54) is 263 Å². The van der Waals surface area contributed by atoms with Gasteiger partial charge in [-0.3, -0.25) is 37.3 Å². The molecule has 3 N–H and O–H groups in total. The van der Waals surface area contributed by atoms with Crippen molar-refractivity contribution in [1.29, 1.82) is 0 Å². The number of hydrogen-bond acceptors (Lipinski definition) is 15. The quantitative estimate of drug-likeness (QED) is 0.0222. The van der Waals surface area contributed by atoms with Gasteiger partial charge in [-0.2, -0.15) is 0 Å². The minimum Gasteiger partial charge on any atom is -0.462 e. The topological polar surface area (TPSA) is 237 Å². The Kier molecular flexibility index (Phi) is 75.6. The first-order valence-corrected chi connectivity index (χ1v) is 47.8. The molecule has 106 heavy (non-hydrogen) atoms. The molecule has 5 atom stereocenters. The summed E-state index contributed by atoms with van der Waals surface area (Å²) in [7, 11) is -9.93. The molecule has 0 heterocycles. The van der Waals surface area contributed by atoms with Crippen LogP contribution in [-0.2, 0) is 65.4 Å². The van der Waals surface area contributed by atoms with Gasteiger partial charge < -0.3 is 33.8 Å². The first kappa shape index (κ1) is 104. The van der Waals surface area contributed by atoms with Crippen LogP contribution in [-0.4, -0.2) is 96.7 Å². The van der Waals surface area contributed by atoms with Gasteiger partial charge in [0.25, 0.3) is 0 Å². The van der Waals surface area contributed by atoms with Gasteiger partial charge in [0.15, 0.2) is 12.2 Å². The van der Waals surface area contributed by atoms with Crippen LogP contribution in [0.5, 0.6) is 0 Å². The lowest BCUT2D eigenvalue weighted by atomic mass is 10.0. The fourth-order valence-corrected chi connectivity index (χ4v) is 15.1. The Morgan fingerprint density at radius 2 is 0.434 bits per heavy atom. The summed E-state index contributed by atoms with van der Waals surface area (Å²) in [5.74, 6) is 0.207. The van der Waals surface area contributed by atoms with Crippen molar-refractivity contribution in [2.24, 2.45) is 17.8 Å². The zero-order valence-electron chi connectivity index (χ0n) is 69.9. The standard InChI is InChI=1S/C87H170O17P2/c1-8-9-10-11-12-13-14-15-16-19-27-32-37-42-47-56-64-71-87(92)104-83(75-98-85(90)69-62-55-50-49-53-60-67-80(6)7)77-102-106(95,96)100-73-81(88)72-99-105(93,94)101-76-82(74-97-84(89)68-61-54-46-41-36-31-26-23-22-25-30-35-40-45-52-59-66-79(4)5)103-86(91)70-63-57-48-43-38-33-28-21-18-17-20-24-29-34-39-44-51-58-65-78(2)3/h78-83,88H,8-77H2,1-7H3,(H,93,94)(H,95,96)/t81-,82-,83-/m1/s1. The van der Waals surface area contributed by atoms with E-state index in [4.69, 9.17) is 37.0 Å². The highest BCUT2D eigenvalue weighted by Gasteiger charge is 2.30. The van der Waals surface area contributed by atoms with Crippen LogP contribution in [0, 0.1) is 17.8 Å². The summed E-state index contributed by atoms with van der Waals surface area (Å²) in [5.41, 5.74) is 0. The molecule has 17 nitrogen and oxygen atoms in total. The number of ether oxygens (including phenoxy) is 4.